The van der Waals surface area contributed by atoms with Crippen molar-refractivity contribution in [3.8, 4) is 0 Å². The second-order valence-electron chi connectivity index (χ2n) is 8.39. The fraction of sp³-hybridized carbons (Fsp3) is 0.684. The van der Waals surface area contributed by atoms with Crippen molar-refractivity contribution in [3.05, 3.63) is 33.4 Å². The minimum atomic E-state index is -1.17. The largest absolute Gasteiger partial charge is 0.458 e. The Labute approximate surface area is 150 Å². The Bertz CT molecular complexity index is 830. The third-order valence-corrected chi connectivity index (χ3v) is 6.95. The van der Waals surface area contributed by atoms with E-state index in [1.54, 1.807) is 13.8 Å². The van der Waals surface area contributed by atoms with E-state index in [9.17, 15) is 24.9 Å². The molecule has 2 heterocycles. The minimum absolute atomic E-state index is 0.234. The molecule has 7 heteroatoms. The van der Waals surface area contributed by atoms with Crippen molar-refractivity contribution < 1.29 is 29.3 Å². The number of ether oxygens (including phenoxy) is 1. The predicted octanol–water partition coefficient (Wildman–Crippen LogP) is 0.743. The predicted molar refractivity (Wildman–Crippen MR) is 89.5 cm³/mol. The molecule has 1 aliphatic heterocycles. The van der Waals surface area contributed by atoms with E-state index in [4.69, 9.17) is 9.15 Å². The highest BCUT2D eigenvalue weighted by Gasteiger charge is 2.70. The fourth-order valence-corrected chi connectivity index (χ4v) is 5.51. The van der Waals surface area contributed by atoms with Gasteiger partial charge in [-0.2, -0.15) is 0 Å². The molecule has 0 amide bonds. The van der Waals surface area contributed by atoms with Crippen molar-refractivity contribution in [1.29, 1.82) is 0 Å². The number of esters is 1. The van der Waals surface area contributed by atoms with Gasteiger partial charge in [-0.25, -0.2) is 4.79 Å². The van der Waals surface area contributed by atoms with Crippen LogP contribution in [-0.4, -0.2) is 40.1 Å². The van der Waals surface area contributed by atoms with Crippen LogP contribution in [0.3, 0.4) is 0 Å². The van der Waals surface area contributed by atoms with Gasteiger partial charge in [0.15, 0.2) is 0 Å². The third kappa shape index (κ3) is 1.94. The van der Waals surface area contributed by atoms with E-state index in [0.717, 1.165) is 0 Å². The summed E-state index contributed by atoms with van der Waals surface area (Å²) in [6.07, 6.45) is -1.91. The van der Waals surface area contributed by atoms with Gasteiger partial charge in [0.1, 0.15) is 18.0 Å². The molecule has 3 N–H and O–H groups in total. The standard InChI is InChI=1S/C19H24O7/c1-8(7-20)14-12-9(6-11(22)25-14)18(2)5-4-10(21)19(3)16(18)15(13(12)23)26-17(19)24/h6,8,10,13,15-16,20-21,23H,4-5,7H2,1-3H3/t8?,10?,13?,15?,16?,18?,19-/m0/s1. The zero-order valence-electron chi connectivity index (χ0n) is 15.1. The van der Waals surface area contributed by atoms with E-state index in [1.807, 2.05) is 6.92 Å². The maximum Gasteiger partial charge on any atom is 0.336 e. The number of carbonyl (C=O) groups is 1. The summed E-state index contributed by atoms with van der Waals surface area (Å²) in [6, 6.07) is 1.38. The van der Waals surface area contributed by atoms with Gasteiger partial charge >= 0.3 is 11.6 Å². The van der Waals surface area contributed by atoms with Crippen molar-refractivity contribution in [3.63, 3.8) is 0 Å². The molecule has 4 rings (SSSR count). The maximum absolute atomic E-state index is 12.6. The monoisotopic (exact) mass is 364 g/mol. The highest BCUT2D eigenvalue weighted by molar-refractivity contribution is 5.81. The van der Waals surface area contributed by atoms with Crippen LogP contribution in [0.1, 0.15) is 62.5 Å². The maximum atomic E-state index is 12.6. The zero-order valence-corrected chi connectivity index (χ0v) is 15.1. The van der Waals surface area contributed by atoms with Crippen molar-refractivity contribution in [2.24, 2.45) is 11.3 Å². The Morgan fingerprint density at radius 2 is 2.00 bits per heavy atom. The molecule has 6 unspecified atom stereocenters. The number of aliphatic hydroxyl groups excluding tert-OH is 3. The summed E-state index contributed by atoms with van der Waals surface area (Å²) in [5.74, 6) is -1.22. The van der Waals surface area contributed by atoms with E-state index >= 15 is 0 Å². The van der Waals surface area contributed by atoms with E-state index in [-0.39, 0.29) is 12.4 Å². The first kappa shape index (κ1) is 17.7. The molecule has 2 aliphatic carbocycles. The SMILES string of the molecule is CC(CO)c1oc(=O)cc2c1C(O)C1OC(=O)[C@@]3(C)C(O)CCC2(C)C13. The molecule has 7 atom stereocenters. The van der Waals surface area contributed by atoms with Crippen LogP contribution in [0, 0.1) is 11.3 Å². The topological polar surface area (TPSA) is 117 Å². The lowest BCUT2D eigenvalue weighted by Crippen LogP contribution is -2.58. The summed E-state index contributed by atoms with van der Waals surface area (Å²) in [6.45, 7) is 5.10. The molecule has 26 heavy (non-hydrogen) atoms. The summed E-state index contributed by atoms with van der Waals surface area (Å²) in [7, 11) is 0. The van der Waals surface area contributed by atoms with Gasteiger partial charge in [-0.3, -0.25) is 4.79 Å². The Morgan fingerprint density at radius 3 is 2.65 bits per heavy atom. The molecular weight excluding hydrogens is 340 g/mol. The molecule has 0 aromatic carbocycles. The molecule has 1 saturated heterocycles. The van der Waals surface area contributed by atoms with Gasteiger partial charge in [-0.15, -0.1) is 0 Å². The van der Waals surface area contributed by atoms with Crippen LogP contribution >= 0.6 is 0 Å². The van der Waals surface area contributed by atoms with Crippen LogP contribution in [0.5, 0.6) is 0 Å². The van der Waals surface area contributed by atoms with Crippen molar-refractivity contribution >= 4 is 5.97 Å². The van der Waals surface area contributed by atoms with Crippen molar-refractivity contribution in [2.45, 2.75) is 63.3 Å². The van der Waals surface area contributed by atoms with Gasteiger partial charge in [0.2, 0.25) is 0 Å². The van der Waals surface area contributed by atoms with Crippen LogP contribution < -0.4 is 5.63 Å². The second kappa shape index (κ2) is 5.41. The highest BCUT2D eigenvalue weighted by Crippen LogP contribution is 2.63. The summed E-state index contributed by atoms with van der Waals surface area (Å²) in [4.78, 5) is 24.9. The molecule has 7 nitrogen and oxygen atoms in total. The van der Waals surface area contributed by atoms with Gasteiger partial charge in [0.05, 0.1) is 18.1 Å². The number of aliphatic hydroxyl groups is 3. The average Bonchev–Trinajstić information content (AvgIpc) is 2.89. The van der Waals surface area contributed by atoms with E-state index in [2.05, 4.69) is 0 Å². The highest BCUT2D eigenvalue weighted by atomic mass is 16.6. The zero-order chi connectivity index (χ0) is 19.0. The van der Waals surface area contributed by atoms with Crippen LogP contribution in [-0.2, 0) is 14.9 Å². The van der Waals surface area contributed by atoms with E-state index in [1.165, 1.54) is 6.07 Å². The van der Waals surface area contributed by atoms with E-state index < -0.39 is 52.6 Å². The average molecular weight is 364 g/mol. The van der Waals surface area contributed by atoms with Crippen molar-refractivity contribution in [2.75, 3.05) is 6.61 Å². The Kier molecular flexibility index (Phi) is 3.68. The summed E-state index contributed by atoms with van der Waals surface area (Å²) in [5.41, 5.74) is -1.24. The molecule has 1 aromatic rings. The number of carbonyl (C=O) groups excluding carboxylic acids is 1. The lowest BCUT2D eigenvalue weighted by molar-refractivity contribution is -0.156. The fourth-order valence-electron chi connectivity index (χ4n) is 5.51. The number of rotatable bonds is 2. The summed E-state index contributed by atoms with van der Waals surface area (Å²) < 4.78 is 10.9. The van der Waals surface area contributed by atoms with Crippen LogP contribution in [0.2, 0.25) is 0 Å². The van der Waals surface area contributed by atoms with Crippen LogP contribution in [0.15, 0.2) is 15.3 Å². The molecule has 3 aliphatic rings. The lowest BCUT2D eigenvalue weighted by Gasteiger charge is -2.53. The van der Waals surface area contributed by atoms with Gasteiger partial charge < -0.3 is 24.5 Å². The first-order valence-electron chi connectivity index (χ1n) is 9.02. The Balaban J connectivity index is 2.02. The first-order chi connectivity index (χ1) is 12.2. The van der Waals surface area contributed by atoms with Gasteiger partial charge in [0.25, 0.3) is 0 Å². The first-order valence-corrected chi connectivity index (χ1v) is 9.02. The normalized spacial score (nSPS) is 42.0. The summed E-state index contributed by atoms with van der Waals surface area (Å²) >= 11 is 0. The molecule has 0 radical (unpaired) electrons. The molecular formula is C19H24O7. The Hall–Kier alpha value is -1.70. The molecule has 0 bridgehead atoms. The quantitative estimate of drug-likeness (QED) is 0.663. The second-order valence-corrected chi connectivity index (χ2v) is 8.39. The third-order valence-electron chi connectivity index (χ3n) is 6.95. The number of hydrogen-bond acceptors (Lipinski definition) is 7. The molecule has 0 spiro atoms. The molecule has 1 saturated carbocycles. The van der Waals surface area contributed by atoms with Crippen LogP contribution in [0.25, 0.3) is 0 Å². The molecule has 1 aromatic heterocycles. The van der Waals surface area contributed by atoms with E-state index in [0.29, 0.717) is 24.0 Å². The lowest BCUT2D eigenvalue weighted by atomic mass is 9.48. The van der Waals surface area contributed by atoms with Gasteiger partial charge in [0, 0.05) is 28.9 Å². The van der Waals surface area contributed by atoms with Crippen molar-refractivity contribution in [1.82, 2.24) is 0 Å². The van der Waals surface area contributed by atoms with Gasteiger partial charge in [-0.05, 0) is 25.3 Å². The summed E-state index contributed by atoms with van der Waals surface area (Å²) in [5, 5.41) is 31.1. The number of fused-ring (bicyclic) bond motifs is 2. The molecule has 2 fully saturated rings. The molecule has 142 valence electrons. The smallest absolute Gasteiger partial charge is 0.336 e. The Morgan fingerprint density at radius 1 is 1.31 bits per heavy atom. The minimum Gasteiger partial charge on any atom is -0.458 e. The van der Waals surface area contributed by atoms with Gasteiger partial charge in [-0.1, -0.05) is 13.8 Å². The number of hydrogen-bond donors (Lipinski definition) is 3. The van der Waals surface area contributed by atoms with Crippen LogP contribution in [0.4, 0.5) is 0 Å².